The number of aromatic nitrogens is 3. The first-order valence-electron chi connectivity index (χ1n) is 9.20. The van der Waals surface area contributed by atoms with E-state index in [1.54, 1.807) is 30.6 Å². The third kappa shape index (κ3) is 2.25. The topological polar surface area (TPSA) is 86.2 Å². The second kappa shape index (κ2) is 6.09. The molecule has 0 spiro atoms. The van der Waals surface area contributed by atoms with Crippen LogP contribution in [0, 0.1) is 5.82 Å². The lowest BCUT2D eigenvalue weighted by molar-refractivity contribution is 0.283. The minimum Gasteiger partial charge on any atom is -0.494 e. The van der Waals surface area contributed by atoms with Crippen LogP contribution in [0.5, 0.6) is 11.8 Å². The lowest BCUT2D eigenvalue weighted by Gasteiger charge is -2.27. The first-order valence-corrected chi connectivity index (χ1v) is 9.20. The number of benzene rings is 1. The summed E-state index contributed by atoms with van der Waals surface area (Å²) in [7, 11) is 1.49. The quantitative estimate of drug-likeness (QED) is 0.551. The van der Waals surface area contributed by atoms with Gasteiger partial charge in [0.2, 0.25) is 11.8 Å². The van der Waals surface area contributed by atoms with E-state index in [1.165, 1.54) is 13.2 Å². The number of hydrogen-bond donors (Lipinski definition) is 2. The van der Waals surface area contributed by atoms with Crippen molar-refractivity contribution in [3.63, 3.8) is 0 Å². The number of nitrogens with two attached hydrogens (primary N) is 1. The van der Waals surface area contributed by atoms with Gasteiger partial charge < -0.3 is 20.1 Å². The molecule has 1 aliphatic rings. The molecular weight excluding hydrogens is 359 g/mol. The number of nitrogen functional groups attached to an aromatic ring is 1. The van der Waals surface area contributed by atoms with Gasteiger partial charge in [-0.25, -0.2) is 14.4 Å². The highest BCUT2D eigenvalue weighted by atomic mass is 19.1. The van der Waals surface area contributed by atoms with E-state index >= 15 is 0 Å². The monoisotopic (exact) mass is 378 g/mol. The fourth-order valence-corrected chi connectivity index (χ4v) is 3.94. The molecule has 3 N–H and O–H groups in total. The number of ether oxygens (including phenoxy) is 1. The van der Waals surface area contributed by atoms with E-state index in [2.05, 4.69) is 9.97 Å². The van der Waals surface area contributed by atoms with Crippen molar-refractivity contribution in [3.05, 3.63) is 42.5 Å². The van der Waals surface area contributed by atoms with E-state index in [9.17, 15) is 9.50 Å². The van der Waals surface area contributed by atoms with Crippen molar-refractivity contribution < 1.29 is 14.2 Å². The molecule has 0 amide bonds. The largest absolute Gasteiger partial charge is 0.494 e. The Balaban J connectivity index is 1.86. The van der Waals surface area contributed by atoms with Crippen LogP contribution in [-0.4, -0.2) is 26.8 Å². The first-order chi connectivity index (χ1) is 13.6. The van der Waals surface area contributed by atoms with Crippen molar-refractivity contribution in [2.45, 2.75) is 25.3 Å². The first kappa shape index (κ1) is 16.8. The van der Waals surface area contributed by atoms with E-state index in [4.69, 9.17) is 10.5 Å². The van der Waals surface area contributed by atoms with Crippen LogP contribution in [0.2, 0.25) is 0 Å². The van der Waals surface area contributed by atoms with E-state index in [1.807, 2.05) is 4.57 Å². The Labute approximate surface area is 160 Å². The highest BCUT2D eigenvalue weighted by Gasteiger charge is 2.26. The number of aromatic hydroxyl groups is 1. The van der Waals surface area contributed by atoms with Crippen LogP contribution in [0.15, 0.2) is 36.7 Å². The van der Waals surface area contributed by atoms with Gasteiger partial charge in [-0.15, -0.1) is 0 Å². The van der Waals surface area contributed by atoms with Crippen molar-refractivity contribution in [2.24, 2.45) is 0 Å². The standard InChI is InChI=1S/C21H19FN4O2/c1-28-20-12(6-3-9-24-20)16-14(22)8-7-13-18(23)17-15(25-19(13)16)10-26(21(17)27)11-4-2-5-11/h3,6-11,27H,2,4-5,23H2,1H3. The van der Waals surface area contributed by atoms with Crippen LogP contribution in [0.25, 0.3) is 32.9 Å². The number of methoxy groups -OCH3 is 1. The van der Waals surface area contributed by atoms with Crippen molar-refractivity contribution in [3.8, 4) is 22.9 Å². The summed E-state index contributed by atoms with van der Waals surface area (Å²) in [6.07, 6.45) is 6.56. The van der Waals surface area contributed by atoms with Gasteiger partial charge in [0.25, 0.3) is 0 Å². The number of nitrogens with zero attached hydrogens (tertiary/aromatic N) is 3. The maximum absolute atomic E-state index is 14.9. The van der Waals surface area contributed by atoms with Crippen molar-refractivity contribution in [1.82, 2.24) is 14.5 Å². The zero-order chi connectivity index (χ0) is 19.4. The fourth-order valence-electron chi connectivity index (χ4n) is 3.94. The lowest BCUT2D eigenvalue weighted by Crippen LogP contribution is -2.15. The average Bonchev–Trinajstić information content (AvgIpc) is 2.97. The highest BCUT2D eigenvalue weighted by Crippen LogP contribution is 2.44. The molecule has 142 valence electrons. The summed E-state index contributed by atoms with van der Waals surface area (Å²) < 4.78 is 22.1. The highest BCUT2D eigenvalue weighted by molar-refractivity contribution is 6.12. The van der Waals surface area contributed by atoms with Crippen LogP contribution in [0.1, 0.15) is 25.3 Å². The van der Waals surface area contributed by atoms with Gasteiger partial charge in [0, 0.05) is 34.9 Å². The van der Waals surface area contributed by atoms with Crippen LogP contribution in [-0.2, 0) is 0 Å². The smallest absolute Gasteiger partial charge is 0.221 e. The molecule has 3 aromatic heterocycles. The second-order valence-electron chi connectivity index (χ2n) is 7.11. The molecule has 4 aromatic rings. The number of rotatable bonds is 3. The maximum atomic E-state index is 14.9. The molecule has 1 aromatic carbocycles. The molecule has 1 aliphatic carbocycles. The summed E-state index contributed by atoms with van der Waals surface area (Å²) in [6.45, 7) is 0. The van der Waals surface area contributed by atoms with Crippen molar-refractivity contribution >= 4 is 27.5 Å². The van der Waals surface area contributed by atoms with Crippen LogP contribution in [0.3, 0.4) is 0 Å². The molecule has 0 bridgehead atoms. The zero-order valence-electron chi connectivity index (χ0n) is 15.3. The number of fused-ring (bicyclic) bond motifs is 2. The molecule has 7 heteroatoms. The van der Waals surface area contributed by atoms with Gasteiger partial charge >= 0.3 is 0 Å². The minimum atomic E-state index is -0.437. The number of pyridine rings is 2. The van der Waals surface area contributed by atoms with Gasteiger partial charge in [-0.05, 0) is 43.5 Å². The summed E-state index contributed by atoms with van der Waals surface area (Å²) in [4.78, 5) is 8.86. The summed E-state index contributed by atoms with van der Waals surface area (Å²) in [6, 6.07) is 6.67. The molecular formula is C21H19FN4O2. The zero-order valence-corrected chi connectivity index (χ0v) is 15.3. The van der Waals surface area contributed by atoms with Crippen LogP contribution >= 0.6 is 0 Å². The molecule has 5 rings (SSSR count). The predicted octanol–water partition coefficient (Wildman–Crippen LogP) is 4.41. The minimum absolute atomic E-state index is 0.122. The molecule has 3 heterocycles. The van der Waals surface area contributed by atoms with Gasteiger partial charge in [-0.3, -0.25) is 0 Å². The van der Waals surface area contributed by atoms with Crippen molar-refractivity contribution in [2.75, 3.05) is 12.8 Å². The molecule has 0 aliphatic heterocycles. The predicted molar refractivity (Wildman–Crippen MR) is 106 cm³/mol. The normalized spacial score (nSPS) is 14.5. The molecule has 0 unspecified atom stereocenters. The molecule has 6 nitrogen and oxygen atoms in total. The van der Waals surface area contributed by atoms with E-state index < -0.39 is 5.82 Å². The maximum Gasteiger partial charge on any atom is 0.221 e. The number of anilines is 1. The SMILES string of the molecule is COc1ncccc1-c1c(F)ccc2c(N)c3c(O)n(C4CCC4)cc3nc12. The van der Waals surface area contributed by atoms with Gasteiger partial charge in [-0.2, -0.15) is 0 Å². The van der Waals surface area contributed by atoms with Gasteiger partial charge in [0.15, 0.2) is 0 Å². The number of hydrogen-bond acceptors (Lipinski definition) is 5. The van der Waals surface area contributed by atoms with Gasteiger partial charge in [0.1, 0.15) is 5.82 Å². The van der Waals surface area contributed by atoms with Gasteiger partial charge in [-0.1, -0.05) is 0 Å². The summed E-state index contributed by atoms with van der Waals surface area (Å²) in [5.74, 6) is -0.00613. The summed E-state index contributed by atoms with van der Waals surface area (Å²) in [5.41, 5.74) is 8.55. The third-order valence-corrected chi connectivity index (χ3v) is 5.61. The Morgan fingerprint density at radius 1 is 1.29 bits per heavy atom. The Hall–Kier alpha value is -3.35. The summed E-state index contributed by atoms with van der Waals surface area (Å²) >= 11 is 0. The average molecular weight is 378 g/mol. The second-order valence-corrected chi connectivity index (χ2v) is 7.11. The Morgan fingerprint density at radius 3 is 2.82 bits per heavy atom. The van der Waals surface area contributed by atoms with E-state index in [0.717, 1.165) is 19.3 Å². The van der Waals surface area contributed by atoms with Gasteiger partial charge in [0.05, 0.1) is 29.2 Å². The Morgan fingerprint density at radius 2 is 2.11 bits per heavy atom. The molecule has 0 atom stereocenters. The van der Waals surface area contributed by atoms with Crippen LogP contribution in [0.4, 0.5) is 10.1 Å². The Bertz CT molecular complexity index is 1230. The third-order valence-electron chi connectivity index (χ3n) is 5.61. The molecule has 0 saturated heterocycles. The van der Waals surface area contributed by atoms with Crippen molar-refractivity contribution in [1.29, 1.82) is 0 Å². The molecule has 28 heavy (non-hydrogen) atoms. The van der Waals surface area contributed by atoms with E-state index in [0.29, 0.717) is 38.9 Å². The lowest BCUT2D eigenvalue weighted by atomic mass is 9.93. The van der Waals surface area contributed by atoms with Crippen LogP contribution < -0.4 is 10.5 Å². The Kier molecular flexibility index (Phi) is 3.65. The summed E-state index contributed by atoms with van der Waals surface area (Å²) in [5, 5.41) is 11.8. The molecule has 0 radical (unpaired) electrons. The molecule has 1 fully saturated rings. The number of halogens is 1. The molecule has 1 saturated carbocycles. The fraction of sp³-hybridized carbons (Fsp3) is 0.238. The van der Waals surface area contributed by atoms with E-state index in [-0.39, 0.29) is 17.5 Å².